The summed E-state index contributed by atoms with van der Waals surface area (Å²) < 4.78 is 15.4. The molecule has 1 aliphatic carbocycles. The minimum atomic E-state index is -1.51. The predicted molar refractivity (Wildman–Crippen MR) is 37.4 cm³/mol. The molecular formula is C8H11NaO3. The van der Waals surface area contributed by atoms with Crippen LogP contribution in [0.3, 0.4) is 0 Å². The van der Waals surface area contributed by atoms with Crippen molar-refractivity contribution in [1.29, 1.82) is 0 Å². The van der Waals surface area contributed by atoms with Gasteiger partial charge >= 0.3 is 29.6 Å². The van der Waals surface area contributed by atoms with Gasteiger partial charge in [-0.05, 0) is 18.7 Å². The van der Waals surface area contributed by atoms with Gasteiger partial charge in [-0.2, -0.15) is 0 Å². The summed E-state index contributed by atoms with van der Waals surface area (Å²) in [4.78, 5) is 10.3. The minimum absolute atomic E-state index is 0. The summed E-state index contributed by atoms with van der Waals surface area (Å²) in [6, 6.07) is 0. The smallest absolute Gasteiger partial charge is 0.550 e. The largest absolute Gasteiger partial charge is 1.00 e. The van der Waals surface area contributed by atoms with Crippen molar-refractivity contribution in [2.75, 3.05) is 6.61 Å². The van der Waals surface area contributed by atoms with Crippen molar-refractivity contribution in [2.24, 2.45) is 11.8 Å². The van der Waals surface area contributed by atoms with Crippen molar-refractivity contribution in [1.82, 2.24) is 0 Å². The van der Waals surface area contributed by atoms with Crippen LogP contribution in [0.1, 0.15) is 15.6 Å². The van der Waals surface area contributed by atoms with E-state index >= 15 is 0 Å². The van der Waals surface area contributed by atoms with Crippen LogP contribution >= 0.6 is 0 Å². The molecule has 0 aromatic rings. The van der Waals surface area contributed by atoms with Crippen LogP contribution in [0, 0.1) is 11.8 Å². The van der Waals surface area contributed by atoms with Gasteiger partial charge in [-0.3, -0.25) is 0 Å². The van der Waals surface area contributed by atoms with Crippen LogP contribution in [0.5, 0.6) is 0 Å². The van der Waals surface area contributed by atoms with E-state index in [1.54, 1.807) is 6.08 Å². The number of aliphatic carboxylic acids is 1. The second-order valence-corrected chi connectivity index (χ2v) is 2.44. The second kappa shape index (κ2) is 5.75. The molecule has 3 nitrogen and oxygen atoms in total. The molecule has 0 aliphatic heterocycles. The van der Waals surface area contributed by atoms with Gasteiger partial charge in [-0.25, -0.2) is 0 Å². The molecule has 1 N–H and O–H groups in total. The molecule has 0 fully saturated rings. The molecule has 62 valence electrons. The summed E-state index contributed by atoms with van der Waals surface area (Å²) >= 11 is 0. The van der Waals surface area contributed by atoms with Crippen molar-refractivity contribution in [3.8, 4) is 0 Å². The SMILES string of the molecule is [2H][C@]1(CC(=O)[O-])CC=C[C@@]1([2H])CO.[Na+]. The summed E-state index contributed by atoms with van der Waals surface area (Å²) in [6.45, 7) is -0.541. The number of hydrogen-bond acceptors (Lipinski definition) is 3. The van der Waals surface area contributed by atoms with E-state index < -0.39 is 30.8 Å². The Morgan fingerprint density at radius 1 is 1.83 bits per heavy atom. The van der Waals surface area contributed by atoms with E-state index in [2.05, 4.69) is 0 Å². The number of aliphatic hydroxyl groups excluding tert-OH is 1. The maximum absolute atomic E-state index is 10.3. The van der Waals surface area contributed by atoms with Gasteiger partial charge in [0, 0.05) is 21.2 Å². The Kier molecular flexibility index (Phi) is 4.20. The molecule has 0 aromatic heterocycles. The number of carbonyl (C=O) groups excluding carboxylic acids is 1. The zero-order valence-electron chi connectivity index (χ0n) is 9.04. The maximum Gasteiger partial charge on any atom is 1.00 e. The first-order valence-corrected chi connectivity index (χ1v) is 3.42. The molecule has 0 unspecified atom stereocenters. The Morgan fingerprint density at radius 2 is 2.50 bits per heavy atom. The van der Waals surface area contributed by atoms with E-state index in [0.29, 0.717) is 0 Å². The number of allylic oxidation sites excluding steroid dienone is 1. The van der Waals surface area contributed by atoms with Gasteiger partial charge in [0.15, 0.2) is 0 Å². The van der Waals surface area contributed by atoms with E-state index in [1.165, 1.54) is 6.08 Å². The first-order chi connectivity index (χ1) is 5.93. The van der Waals surface area contributed by atoms with E-state index in [-0.39, 0.29) is 36.0 Å². The van der Waals surface area contributed by atoms with Crippen LogP contribution < -0.4 is 34.7 Å². The minimum Gasteiger partial charge on any atom is -0.550 e. The van der Waals surface area contributed by atoms with Crippen molar-refractivity contribution < 1.29 is 47.3 Å². The third-order valence-electron chi connectivity index (χ3n) is 1.67. The Balaban J connectivity index is 0.00000169. The van der Waals surface area contributed by atoms with Gasteiger partial charge in [0.2, 0.25) is 0 Å². The Morgan fingerprint density at radius 3 is 3.00 bits per heavy atom. The van der Waals surface area contributed by atoms with Crippen LogP contribution in [-0.4, -0.2) is 17.7 Å². The number of carboxylic acid groups (broad SMARTS) is 1. The molecule has 0 saturated carbocycles. The fourth-order valence-electron chi connectivity index (χ4n) is 1.12. The van der Waals surface area contributed by atoms with Gasteiger partial charge in [-0.15, -0.1) is 0 Å². The van der Waals surface area contributed by atoms with E-state index in [4.69, 9.17) is 7.85 Å². The van der Waals surface area contributed by atoms with E-state index in [1.807, 2.05) is 0 Å². The molecule has 0 saturated heterocycles. The molecule has 0 aromatic carbocycles. The molecule has 0 bridgehead atoms. The molecular weight excluding hydrogens is 167 g/mol. The zero-order chi connectivity index (χ0) is 10.1. The molecule has 0 amide bonds. The molecule has 1 rings (SSSR count). The summed E-state index contributed by atoms with van der Waals surface area (Å²) in [7, 11) is 0. The van der Waals surface area contributed by atoms with Crippen molar-refractivity contribution >= 4 is 5.97 Å². The van der Waals surface area contributed by atoms with Gasteiger partial charge in [0.25, 0.3) is 0 Å². The Labute approximate surface area is 96.6 Å². The molecule has 12 heavy (non-hydrogen) atoms. The zero-order valence-corrected chi connectivity index (χ0v) is 9.04. The first kappa shape index (κ1) is 8.75. The molecule has 2 atom stereocenters. The van der Waals surface area contributed by atoms with Gasteiger partial charge in [0.1, 0.15) is 0 Å². The number of carboxylic acids is 1. The average Bonchev–Trinajstić information content (AvgIpc) is 2.28. The summed E-state index contributed by atoms with van der Waals surface area (Å²) in [5, 5.41) is 19.2. The fourth-order valence-corrected chi connectivity index (χ4v) is 1.12. The summed E-state index contributed by atoms with van der Waals surface area (Å²) in [5.74, 6) is -4.35. The van der Waals surface area contributed by atoms with Crippen molar-refractivity contribution in [3.63, 3.8) is 0 Å². The Bertz CT molecular complexity index is 259. The fraction of sp³-hybridized carbons (Fsp3) is 0.625. The molecule has 0 spiro atoms. The molecule has 0 radical (unpaired) electrons. The number of rotatable bonds is 3. The normalized spacial score (nSPS) is 41.4. The van der Waals surface area contributed by atoms with Gasteiger partial charge < -0.3 is 15.0 Å². The topological polar surface area (TPSA) is 60.4 Å². The summed E-state index contributed by atoms with van der Waals surface area (Å²) in [5.41, 5.74) is 0. The number of hydrogen-bond donors (Lipinski definition) is 1. The molecule has 1 aliphatic rings. The average molecular weight is 180 g/mol. The number of carbonyl (C=O) groups is 1. The standard InChI is InChI=1S/C8H12O3.Na/c9-5-7-3-1-2-6(7)4-8(10)11;/h1,3,6-7,9H,2,4-5H2,(H,10,11);/q;+1/p-1/t6-,7+;/m1./s1/i6D,7D;. The molecule has 4 heteroatoms. The van der Waals surface area contributed by atoms with Crippen LogP contribution in [0.4, 0.5) is 0 Å². The third kappa shape index (κ3) is 3.27. The Hall–Kier alpha value is 0.170. The predicted octanol–water partition coefficient (Wildman–Crippen LogP) is -3.68. The third-order valence-corrected chi connectivity index (χ3v) is 1.67. The van der Waals surface area contributed by atoms with E-state index in [0.717, 1.165) is 0 Å². The quantitative estimate of drug-likeness (QED) is 0.359. The van der Waals surface area contributed by atoms with Crippen molar-refractivity contribution in [2.45, 2.75) is 12.8 Å². The van der Waals surface area contributed by atoms with Gasteiger partial charge in [0.05, 0.1) is 0 Å². The number of aliphatic hydroxyl groups is 1. The monoisotopic (exact) mass is 180 g/mol. The van der Waals surface area contributed by atoms with Crippen LogP contribution in [0.2, 0.25) is 0 Å². The van der Waals surface area contributed by atoms with Crippen molar-refractivity contribution in [3.05, 3.63) is 12.2 Å². The maximum atomic E-state index is 10.3. The van der Waals surface area contributed by atoms with Crippen LogP contribution in [-0.2, 0) is 4.79 Å². The van der Waals surface area contributed by atoms with E-state index in [9.17, 15) is 9.90 Å². The van der Waals surface area contributed by atoms with Crippen LogP contribution in [0.25, 0.3) is 0 Å². The molecule has 0 heterocycles. The van der Waals surface area contributed by atoms with Crippen LogP contribution in [0.15, 0.2) is 12.2 Å². The van der Waals surface area contributed by atoms with Gasteiger partial charge in [-0.1, -0.05) is 12.2 Å². The second-order valence-electron chi connectivity index (χ2n) is 2.44. The first-order valence-electron chi connectivity index (χ1n) is 4.42. The summed E-state index contributed by atoms with van der Waals surface area (Å²) in [6.07, 6.45) is 2.58.